The van der Waals surface area contributed by atoms with Gasteiger partial charge in [0.2, 0.25) is 0 Å². The number of nitrogens with one attached hydrogen (secondary N) is 1. The van der Waals surface area contributed by atoms with Gasteiger partial charge in [0.05, 0.1) is 10.7 Å². The Labute approximate surface area is 154 Å². The Morgan fingerprint density at radius 3 is 2.72 bits per heavy atom. The number of carbonyl (C=O) groups is 1. The molecule has 0 atom stereocenters. The van der Waals surface area contributed by atoms with Gasteiger partial charge in [-0.3, -0.25) is 4.79 Å². The summed E-state index contributed by atoms with van der Waals surface area (Å²) in [5.74, 6) is 0.309. The van der Waals surface area contributed by atoms with Crippen molar-refractivity contribution < 1.29 is 9.53 Å². The molecule has 0 radical (unpaired) electrons. The van der Waals surface area contributed by atoms with E-state index in [9.17, 15) is 4.79 Å². The Bertz CT molecular complexity index is 938. The van der Waals surface area contributed by atoms with Crippen LogP contribution in [-0.2, 0) is 4.79 Å². The lowest BCUT2D eigenvalue weighted by molar-refractivity contribution is -0.123. The van der Waals surface area contributed by atoms with E-state index in [0.717, 1.165) is 21.0 Å². The molecule has 1 amide bonds. The van der Waals surface area contributed by atoms with E-state index in [2.05, 4.69) is 32.5 Å². The number of benzene rings is 3. The molecule has 4 nitrogen and oxygen atoms in total. The fraction of sp³-hybridized carbons (Fsp3) is 0.100. The van der Waals surface area contributed by atoms with Crippen LogP contribution in [0.1, 0.15) is 11.1 Å². The lowest BCUT2D eigenvalue weighted by Gasteiger charge is -2.07. The van der Waals surface area contributed by atoms with Crippen LogP contribution in [0.4, 0.5) is 0 Å². The summed E-state index contributed by atoms with van der Waals surface area (Å²) in [4.78, 5) is 11.8. The number of hydrogen-bond donors (Lipinski definition) is 1. The number of carbonyl (C=O) groups excluding carboxylic acids is 1. The Balaban J connectivity index is 1.54. The molecule has 0 heterocycles. The van der Waals surface area contributed by atoms with E-state index in [1.165, 1.54) is 5.39 Å². The summed E-state index contributed by atoms with van der Waals surface area (Å²) >= 11 is 3.41. The minimum absolute atomic E-state index is 0.100. The van der Waals surface area contributed by atoms with Crippen LogP contribution in [0.3, 0.4) is 0 Å². The van der Waals surface area contributed by atoms with E-state index in [1.54, 1.807) is 6.21 Å². The Morgan fingerprint density at radius 1 is 1.12 bits per heavy atom. The molecule has 25 heavy (non-hydrogen) atoms. The fourth-order valence-electron chi connectivity index (χ4n) is 2.37. The highest BCUT2D eigenvalue weighted by atomic mass is 79.9. The summed E-state index contributed by atoms with van der Waals surface area (Å²) < 4.78 is 6.30. The molecule has 0 spiro atoms. The van der Waals surface area contributed by atoms with Crippen LogP contribution in [0.15, 0.2) is 70.2 Å². The number of nitrogens with zero attached hydrogens (tertiary/aromatic N) is 1. The van der Waals surface area contributed by atoms with E-state index >= 15 is 0 Å². The summed E-state index contributed by atoms with van der Waals surface area (Å²) in [6.45, 7) is 1.89. The van der Waals surface area contributed by atoms with Gasteiger partial charge in [0.1, 0.15) is 5.75 Å². The Hall–Kier alpha value is -2.66. The van der Waals surface area contributed by atoms with Crippen LogP contribution in [-0.4, -0.2) is 18.7 Å². The molecule has 0 unspecified atom stereocenters. The number of hydrazone groups is 1. The van der Waals surface area contributed by atoms with Gasteiger partial charge in [-0.1, -0.05) is 42.5 Å². The van der Waals surface area contributed by atoms with Crippen molar-refractivity contribution in [3.05, 3.63) is 76.3 Å². The zero-order chi connectivity index (χ0) is 17.6. The summed E-state index contributed by atoms with van der Waals surface area (Å²) in [5.41, 5.74) is 4.50. The number of rotatable bonds is 5. The summed E-state index contributed by atoms with van der Waals surface area (Å²) in [6, 6.07) is 19.8. The fourth-order valence-corrected chi connectivity index (χ4v) is 2.97. The highest BCUT2D eigenvalue weighted by Gasteiger charge is 2.05. The van der Waals surface area contributed by atoms with Crippen LogP contribution >= 0.6 is 15.9 Å². The predicted octanol–water partition coefficient (Wildman–Crippen LogP) is 4.44. The first kappa shape index (κ1) is 17.2. The van der Waals surface area contributed by atoms with E-state index in [1.807, 2.05) is 61.5 Å². The average molecular weight is 397 g/mol. The summed E-state index contributed by atoms with van der Waals surface area (Å²) in [7, 11) is 0. The molecule has 3 rings (SSSR count). The first-order valence-electron chi connectivity index (χ1n) is 7.81. The predicted molar refractivity (Wildman–Crippen MR) is 104 cm³/mol. The van der Waals surface area contributed by atoms with Crippen LogP contribution in [0, 0.1) is 6.92 Å². The molecule has 0 aliphatic rings. The van der Waals surface area contributed by atoms with Crippen molar-refractivity contribution in [3.63, 3.8) is 0 Å². The van der Waals surface area contributed by atoms with Crippen LogP contribution in [0.2, 0.25) is 0 Å². The second-order valence-corrected chi connectivity index (χ2v) is 6.48. The monoisotopic (exact) mass is 396 g/mol. The van der Waals surface area contributed by atoms with E-state index < -0.39 is 0 Å². The normalized spacial score (nSPS) is 11.0. The summed E-state index contributed by atoms with van der Waals surface area (Å²) in [5, 5.41) is 6.28. The van der Waals surface area contributed by atoms with Crippen molar-refractivity contribution in [1.82, 2.24) is 5.43 Å². The molecule has 0 aromatic heterocycles. The van der Waals surface area contributed by atoms with Gasteiger partial charge in [0.25, 0.3) is 5.91 Å². The number of amides is 1. The van der Waals surface area contributed by atoms with Gasteiger partial charge in [-0.2, -0.15) is 5.10 Å². The van der Waals surface area contributed by atoms with Gasteiger partial charge < -0.3 is 4.74 Å². The quantitative estimate of drug-likeness (QED) is 0.511. The van der Waals surface area contributed by atoms with E-state index in [4.69, 9.17) is 4.74 Å². The molecule has 0 aliphatic carbocycles. The maximum atomic E-state index is 11.8. The first-order valence-corrected chi connectivity index (χ1v) is 8.61. The standard InChI is InChI=1S/C20H17BrN2O2/c1-14-6-9-19(18(21)10-14)25-13-20(24)23-22-12-15-7-8-16-4-2-3-5-17(16)11-15/h2-12H,13H2,1H3,(H,23,24)/b22-12-. The molecule has 0 fully saturated rings. The number of halogens is 1. The molecule has 5 heteroatoms. The van der Waals surface area contributed by atoms with Crippen molar-refractivity contribution in [2.24, 2.45) is 5.10 Å². The van der Waals surface area contributed by atoms with Gasteiger partial charge in [-0.15, -0.1) is 0 Å². The number of fused-ring (bicyclic) bond motifs is 1. The Kier molecular flexibility index (Phi) is 5.46. The SMILES string of the molecule is Cc1ccc(OCC(=O)N/N=C\c2ccc3ccccc3c2)c(Br)c1. The van der Waals surface area contributed by atoms with E-state index in [-0.39, 0.29) is 12.5 Å². The van der Waals surface area contributed by atoms with Crippen molar-refractivity contribution in [3.8, 4) is 5.75 Å². The molecule has 0 aliphatic heterocycles. The molecular formula is C20H17BrN2O2. The zero-order valence-corrected chi connectivity index (χ0v) is 15.3. The molecule has 0 bridgehead atoms. The highest BCUT2D eigenvalue weighted by Crippen LogP contribution is 2.25. The lowest BCUT2D eigenvalue weighted by Crippen LogP contribution is -2.24. The van der Waals surface area contributed by atoms with Crippen molar-refractivity contribution in [2.45, 2.75) is 6.92 Å². The van der Waals surface area contributed by atoms with Crippen LogP contribution < -0.4 is 10.2 Å². The zero-order valence-electron chi connectivity index (χ0n) is 13.7. The largest absolute Gasteiger partial charge is 0.483 e. The second kappa shape index (κ2) is 7.94. The molecule has 3 aromatic rings. The smallest absolute Gasteiger partial charge is 0.277 e. The molecule has 3 aromatic carbocycles. The highest BCUT2D eigenvalue weighted by molar-refractivity contribution is 9.10. The number of ether oxygens (including phenoxy) is 1. The topological polar surface area (TPSA) is 50.7 Å². The number of hydrogen-bond acceptors (Lipinski definition) is 3. The van der Waals surface area contributed by atoms with Crippen LogP contribution in [0.5, 0.6) is 5.75 Å². The van der Waals surface area contributed by atoms with Crippen molar-refractivity contribution in [2.75, 3.05) is 6.61 Å². The van der Waals surface area contributed by atoms with E-state index in [0.29, 0.717) is 5.75 Å². The average Bonchev–Trinajstić information content (AvgIpc) is 2.61. The van der Waals surface area contributed by atoms with Gasteiger partial charge in [-0.25, -0.2) is 5.43 Å². The molecule has 126 valence electrons. The van der Waals surface area contributed by atoms with Crippen LogP contribution in [0.25, 0.3) is 10.8 Å². The van der Waals surface area contributed by atoms with Gasteiger partial charge in [-0.05, 0) is 63.0 Å². The maximum absolute atomic E-state index is 11.8. The Morgan fingerprint density at radius 2 is 1.92 bits per heavy atom. The van der Waals surface area contributed by atoms with Gasteiger partial charge in [0.15, 0.2) is 6.61 Å². The molecule has 0 saturated carbocycles. The minimum Gasteiger partial charge on any atom is -0.483 e. The summed E-state index contributed by atoms with van der Waals surface area (Å²) in [6.07, 6.45) is 1.62. The molecule has 1 N–H and O–H groups in total. The second-order valence-electron chi connectivity index (χ2n) is 5.62. The third-order valence-corrected chi connectivity index (χ3v) is 4.24. The lowest BCUT2D eigenvalue weighted by atomic mass is 10.1. The van der Waals surface area contributed by atoms with Crippen molar-refractivity contribution in [1.29, 1.82) is 0 Å². The third-order valence-electron chi connectivity index (χ3n) is 3.62. The third kappa shape index (κ3) is 4.67. The van der Waals surface area contributed by atoms with Gasteiger partial charge in [0, 0.05) is 0 Å². The molecule has 0 saturated heterocycles. The first-order chi connectivity index (χ1) is 12.1. The minimum atomic E-state index is -0.315. The molecular weight excluding hydrogens is 380 g/mol. The maximum Gasteiger partial charge on any atom is 0.277 e. The number of aryl methyl sites for hydroxylation is 1. The van der Waals surface area contributed by atoms with Gasteiger partial charge >= 0.3 is 0 Å². The van der Waals surface area contributed by atoms with Crippen molar-refractivity contribution >= 4 is 38.8 Å².